The van der Waals surface area contributed by atoms with Crippen LogP contribution in [0.3, 0.4) is 0 Å². The van der Waals surface area contributed by atoms with Crippen molar-refractivity contribution in [1.29, 1.82) is 0 Å². The van der Waals surface area contributed by atoms with Crippen LogP contribution >= 0.6 is 0 Å². The van der Waals surface area contributed by atoms with Crippen molar-refractivity contribution in [3.8, 4) is 0 Å². The fourth-order valence-electron chi connectivity index (χ4n) is 3.26. The van der Waals surface area contributed by atoms with E-state index in [0.29, 0.717) is 0 Å². The third kappa shape index (κ3) is 2.29. The summed E-state index contributed by atoms with van der Waals surface area (Å²) in [6.45, 7) is 4.03. The summed E-state index contributed by atoms with van der Waals surface area (Å²) in [5.74, 6) is 0.944. The van der Waals surface area contributed by atoms with Gasteiger partial charge in [-0.05, 0) is 58.8 Å². The molecule has 82 valence electrons. The second-order valence-corrected chi connectivity index (χ2v) is 5.26. The number of rotatable bonds is 2. The Kier molecular flexibility index (Phi) is 3.45. The van der Waals surface area contributed by atoms with E-state index in [-0.39, 0.29) is 0 Å². The highest BCUT2D eigenvalue weighted by atomic mass is 15.2. The number of piperidine rings is 2. The van der Waals surface area contributed by atoms with Crippen LogP contribution in [0.5, 0.6) is 0 Å². The molecule has 2 heteroatoms. The summed E-state index contributed by atoms with van der Waals surface area (Å²) in [6.07, 6.45) is 7.24. The molecule has 2 heterocycles. The van der Waals surface area contributed by atoms with Crippen molar-refractivity contribution in [3.63, 3.8) is 0 Å². The van der Waals surface area contributed by atoms with Crippen molar-refractivity contribution in [2.75, 3.05) is 33.7 Å². The second-order valence-electron chi connectivity index (χ2n) is 5.26. The Labute approximate surface area is 88.3 Å². The molecule has 0 aromatic heterocycles. The van der Waals surface area contributed by atoms with E-state index in [0.717, 1.165) is 12.0 Å². The van der Waals surface area contributed by atoms with Crippen LogP contribution in [-0.4, -0.2) is 49.6 Å². The van der Waals surface area contributed by atoms with E-state index < -0.39 is 0 Å². The average Bonchev–Trinajstić information content (AvgIpc) is 2.18. The summed E-state index contributed by atoms with van der Waals surface area (Å²) in [4.78, 5) is 5.12. The van der Waals surface area contributed by atoms with Crippen molar-refractivity contribution < 1.29 is 0 Å². The lowest BCUT2D eigenvalue weighted by Gasteiger charge is -2.45. The zero-order chi connectivity index (χ0) is 9.97. The van der Waals surface area contributed by atoms with Crippen LogP contribution < -0.4 is 0 Å². The number of nitrogens with zero attached hydrogens (tertiary/aromatic N) is 2. The van der Waals surface area contributed by atoms with E-state index in [1.165, 1.54) is 51.7 Å². The zero-order valence-corrected chi connectivity index (χ0v) is 9.71. The molecule has 0 bridgehead atoms. The van der Waals surface area contributed by atoms with Gasteiger partial charge in [-0.2, -0.15) is 0 Å². The van der Waals surface area contributed by atoms with E-state index in [1.807, 2.05) is 0 Å². The van der Waals surface area contributed by atoms with Crippen molar-refractivity contribution in [2.45, 2.75) is 38.1 Å². The van der Waals surface area contributed by atoms with Gasteiger partial charge in [-0.15, -0.1) is 0 Å². The van der Waals surface area contributed by atoms with Crippen molar-refractivity contribution in [3.05, 3.63) is 0 Å². The summed E-state index contributed by atoms with van der Waals surface area (Å²) >= 11 is 0. The van der Waals surface area contributed by atoms with Crippen molar-refractivity contribution in [2.24, 2.45) is 5.92 Å². The smallest absolute Gasteiger partial charge is 0.0136 e. The Balaban J connectivity index is 1.94. The van der Waals surface area contributed by atoms with Gasteiger partial charge in [0.1, 0.15) is 0 Å². The van der Waals surface area contributed by atoms with Crippen molar-refractivity contribution in [1.82, 2.24) is 9.80 Å². The molecular formula is C12H24N2. The molecule has 2 unspecified atom stereocenters. The van der Waals surface area contributed by atoms with Crippen LogP contribution in [-0.2, 0) is 0 Å². The quantitative estimate of drug-likeness (QED) is 0.664. The SMILES string of the molecule is CN(C)CC1CCCN2CCCCC12. The largest absolute Gasteiger partial charge is 0.309 e. The van der Waals surface area contributed by atoms with E-state index in [2.05, 4.69) is 23.9 Å². The highest BCUT2D eigenvalue weighted by Gasteiger charge is 2.32. The van der Waals surface area contributed by atoms with Gasteiger partial charge < -0.3 is 9.80 Å². The molecule has 2 aliphatic heterocycles. The van der Waals surface area contributed by atoms with Gasteiger partial charge >= 0.3 is 0 Å². The molecule has 2 rings (SSSR count). The minimum atomic E-state index is 0.917. The topological polar surface area (TPSA) is 6.48 Å². The van der Waals surface area contributed by atoms with Gasteiger partial charge in [0.05, 0.1) is 0 Å². The van der Waals surface area contributed by atoms with E-state index >= 15 is 0 Å². The van der Waals surface area contributed by atoms with E-state index in [1.54, 1.807) is 0 Å². The maximum atomic E-state index is 2.75. The Morgan fingerprint density at radius 3 is 2.64 bits per heavy atom. The minimum Gasteiger partial charge on any atom is -0.309 e. The van der Waals surface area contributed by atoms with Crippen LogP contribution in [0.25, 0.3) is 0 Å². The highest BCUT2D eigenvalue weighted by molar-refractivity contribution is 4.87. The number of hydrogen-bond donors (Lipinski definition) is 0. The van der Waals surface area contributed by atoms with Gasteiger partial charge in [0, 0.05) is 12.6 Å². The van der Waals surface area contributed by atoms with Gasteiger partial charge in [0.25, 0.3) is 0 Å². The molecule has 2 aliphatic rings. The molecule has 2 atom stereocenters. The maximum Gasteiger partial charge on any atom is 0.0136 e. The molecule has 0 amide bonds. The lowest BCUT2D eigenvalue weighted by atomic mass is 9.83. The van der Waals surface area contributed by atoms with Crippen LogP contribution in [0.15, 0.2) is 0 Å². The highest BCUT2D eigenvalue weighted by Crippen LogP contribution is 2.30. The van der Waals surface area contributed by atoms with Gasteiger partial charge in [-0.25, -0.2) is 0 Å². The lowest BCUT2D eigenvalue weighted by Crippen LogP contribution is -2.50. The molecule has 0 N–H and O–H groups in total. The van der Waals surface area contributed by atoms with Crippen LogP contribution in [0.2, 0.25) is 0 Å². The monoisotopic (exact) mass is 196 g/mol. The molecule has 0 aromatic rings. The van der Waals surface area contributed by atoms with Crippen LogP contribution in [0.4, 0.5) is 0 Å². The Morgan fingerprint density at radius 1 is 1.07 bits per heavy atom. The third-order valence-electron chi connectivity index (χ3n) is 3.83. The zero-order valence-electron chi connectivity index (χ0n) is 9.71. The molecule has 2 fully saturated rings. The molecule has 0 aliphatic carbocycles. The first-order valence-electron chi connectivity index (χ1n) is 6.16. The van der Waals surface area contributed by atoms with Gasteiger partial charge in [-0.1, -0.05) is 6.42 Å². The Hall–Kier alpha value is -0.0800. The predicted molar refractivity (Wildman–Crippen MR) is 60.5 cm³/mol. The van der Waals surface area contributed by atoms with Crippen molar-refractivity contribution >= 4 is 0 Å². The first kappa shape index (κ1) is 10.4. The molecule has 0 radical (unpaired) electrons. The number of fused-ring (bicyclic) bond motifs is 1. The summed E-state index contributed by atoms with van der Waals surface area (Å²) in [7, 11) is 4.42. The second kappa shape index (κ2) is 4.63. The molecular weight excluding hydrogens is 172 g/mol. The van der Waals surface area contributed by atoms with Crippen LogP contribution in [0.1, 0.15) is 32.1 Å². The fraction of sp³-hybridized carbons (Fsp3) is 1.00. The molecule has 2 nitrogen and oxygen atoms in total. The standard InChI is InChI=1S/C12H24N2/c1-13(2)10-11-6-5-9-14-8-4-3-7-12(11)14/h11-12H,3-10H2,1-2H3. The van der Waals surface area contributed by atoms with Gasteiger partial charge in [-0.3, -0.25) is 0 Å². The summed E-state index contributed by atoms with van der Waals surface area (Å²) < 4.78 is 0. The average molecular weight is 196 g/mol. The molecule has 2 saturated heterocycles. The molecule has 0 spiro atoms. The van der Waals surface area contributed by atoms with Crippen LogP contribution in [0, 0.1) is 5.92 Å². The summed E-state index contributed by atoms with van der Waals surface area (Å²) in [6, 6.07) is 0.917. The Morgan fingerprint density at radius 2 is 1.86 bits per heavy atom. The number of hydrogen-bond acceptors (Lipinski definition) is 2. The minimum absolute atomic E-state index is 0.917. The van der Waals surface area contributed by atoms with E-state index in [9.17, 15) is 0 Å². The molecule has 0 saturated carbocycles. The first-order chi connectivity index (χ1) is 6.77. The first-order valence-corrected chi connectivity index (χ1v) is 6.16. The lowest BCUT2D eigenvalue weighted by molar-refractivity contribution is 0.0479. The normalized spacial score (nSPS) is 34.5. The molecule has 0 aromatic carbocycles. The maximum absolute atomic E-state index is 2.75. The predicted octanol–water partition coefficient (Wildman–Crippen LogP) is 1.81. The summed E-state index contributed by atoms with van der Waals surface area (Å²) in [5, 5.41) is 0. The third-order valence-corrected chi connectivity index (χ3v) is 3.83. The Bertz CT molecular complexity index is 177. The fourth-order valence-corrected chi connectivity index (χ4v) is 3.26. The summed E-state index contributed by atoms with van der Waals surface area (Å²) in [5.41, 5.74) is 0. The molecule has 14 heavy (non-hydrogen) atoms. The van der Waals surface area contributed by atoms with Gasteiger partial charge in [0.2, 0.25) is 0 Å². The van der Waals surface area contributed by atoms with Gasteiger partial charge in [0.15, 0.2) is 0 Å². The van der Waals surface area contributed by atoms with E-state index in [4.69, 9.17) is 0 Å².